The molecule has 2 aromatic rings. The van der Waals surface area contributed by atoms with Gasteiger partial charge in [-0.25, -0.2) is 19.0 Å². The largest absolute Gasteiger partial charge is 0.481 e. The quantitative estimate of drug-likeness (QED) is 0.482. The molecule has 1 unspecified atom stereocenters. The van der Waals surface area contributed by atoms with Gasteiger partial charge in [0.05, 0.1) is 29.2 Å². The number of nitrogens with zero attached hydrogens (tertiary/aromatic N) is 4. The van der Waals surface area contributed by atoms with Gasteiger partial charge in [0, 0.05) is 43.0 Å². The van der Waals surface area contributed by atoms with E-state index in [0.717, 1.165) is 0 Å². The molecule has 1 aromatic carbocycles. The molecule has 206 valence electrons. The van der Waals surface area contributed by atoms with E-state index in [4.69, 9.17) is 21.3 Å². The van der Waals surface area contributed by atoms with Crippen LogP contribution in [0, 0.1) is 17.7 Å². The van der Waals surface area contributed by atoms with Gasteiger partial charge in [0.25, 0.3) is 0 Å². The molecule has 4 atom stereocenters. The summed E-state index contributed by atoms with van der Waals surface area (Å²) in [5.41, 5.74) is 0.831. The number of ether oxygens (including phenoxy) is 1. The second-order valence-electron chi connectivity index (χ2n) is 9.64. The molecule has 2 amide bonds. The van der Waals surface area contributed by atoms with Crippen LogP contribution >= 0.6 is 22.9 Å². The van der Waals surface area contributed by atoms with Crippen molar-refractivity contribution in [2.24, 2.45) is 16.8 Å². The highest BCUT2D eigenvalue weighted by Crippen LogP contribution is 2.42. The molecule has 0 aliphatic carbocycles. The summed E-state index contributed by atoms with van der Waals surface area (Å²) in [5.74, 6) is -3.23. The number of amidine groups is 1. The van der Waals surface area contributed by atoms with Gasteiger partial charge < -0.3 is 25.0 Å². The van der Waals surface area contributed by atoms with Crippen LogP contribution in [0.4, 0.5) is 9.18 Å². The van der Waals surface area contributed by atoms with Gasteiger partial charge >= 0.3 is 18.0 Å². The van der Waals surface area contributed by atoms with E-state index in [0.29, 0.717) is 36.1 Å². The Labute approximate surface area is 233 Å². The third-order valence-electron chi connectivity index (χ3n) is 7.38. The predicted octanol–water partition coefficient (Wildman–Crippen LogP) is 3.69. The fourth-order valence-electron chi connectivity index (χ4n) is 5.65. The number of benzene rings is 1. The highest BCUT2D eigenvalue weighted by Gasteiger charge is 2.50. The summed E-state index contributed by atoms with van der Waals surface area (Å²) in [6.45, 7) is 2.47. The zero-order chi connectivity index (χ0) is 27.8. The second kappa shape index (κ2) is 10.9. The first kappa shape index (κ1) is 27.1. The Morgan fingerprint density at radius 3 is 2.85 bits per heavy atom. The number of amides is 2. The third kappa shape index (κ3) is 4.98. The molecule has 2 N–H and O–H groups in total. The number of aromatic nitrogens is 1. The van der Waals surface area contributed by atoms with Gasteiger partial charge in [-0.15, -0.1) is 11.3 Å². The molecule has 0 bridgehead atoms. The highest BCUT2D eigenvalue weighted by molar-refractivity contribution is 7.11. The van der Waals surface area contributed by atoms with Gasteiger partial charge in [-0.05, 0) is 31.7 Å². The molecule has 39 heavy (non-hydrogen) atoms. The van der Waals surface area contributed by atoms with Crippen LogP contribution in [0.2, 0.25) is 5.02 Å². The number of aliphatic imine (C=N–C) groups is 1. The molecule has 2 fully saturated rings. The van der Waals surface area contributed by atoms with Crippen LogP contribution in [0.3, 0.4) is 0 Å². The lowest BCUT2D eigenvalue weighted by molar-refractivity contribution is -0.147. The number of piperidine rings is 1. The maximum Gasteiger partial charge on any atom is 0.338 e. The maximum atomic E-state index is 14.5. The number of urea groups is 1. The number of fused-ring (bicyclic) bond motifs is 1. The molecule has 2 saturated heterocycles. The topological polar surface area (TPSA) is 124 Å². The maximum absolute atomic E-state index is 14.5. The predicted molar refractivity (Wildman–Crippen MR) is 142 cm³/mol. The van der Waals surface area contributed by atoms with Crippen molar-refractivity contribution in [3.8, 4) is 0 Å². The molecule has 3 aliphatic heterocycles. The van der Waals surface area contributed by atoms with Gasteiger partial charge in [-0.3, -0.25) is 9.79 Å². The van der Waals surface area contributed by atoms with Crippen molar-refractivity contribution in [2.75, 3.05) is 26.7 Å². The molecule has 0 saturated carbocycles. The molecule has 1 aromatic heterocycles. The van der Waals surface area contributed by atoms with Gasteiger partial charge in [0.2, 0.25) is 0 Å². The number of likely N-dealkylation sites (N-methyl/N-ethyl adjacent to an activating group) is 1. The fraction of sp³-hybridized carbons (Fsp3) is 0.423. The normalized spacial score (nSPS) is 24.8. The van der Waals surface area contributed by atoms with Crippen molar-refractivity contribution >= 4 is 46.7 Å². The fourth-order valence-corrected chi connectivity index (χ4v) is 6.47. The minimum absolute atomic E-state index is 0.0922. The van der Waals surface area contributed by atoms with Crippen molar-refractivity contribution in [3.05, 3.63) is 62.5 Å². The number of esters is 1. The van der Waals surface area contributed by atoms with Gasteiger partial charge in [0.1, 0.15) is 11.9 Å². The van der Waals surface area contributed by atoms with E-state index >= 15 is 0 Å². The third-order valence-corrected chi connectivity index (χ3v) is 8.56. The Morgan fingerprint density at radius 2 is 2.15 bits per heavy atom. The number of hydrogen-bond acceptors (Lipinski definition) is 8. The van der Waals surface area contributed by atoms with E-state index in [1.165, 1.54) is 28.4 Å². The summed E-state index contributed by atoms with van der Waals surface area (Å²) >= 11 is 7.69. The standard InChI is InChI=1S/C26H27ClFN5O5S/c1-3-38-25(36)19-16(11-13-7-9-33-17(18(13)24(34)35)12-32(2)26(33)37)30-22(23-29-8-10-39-23)31-21(19)14-5-4-6-15(28)20(14)27/h4-6,8,10,13,17-18,21H,3,7,9,11-12H2,1-2H3,(H,30,31)(H,34,35)/t13?,17-,18+,21+/m1/s1. The number of rotatable bonds is 7. The smallest absolute Gasteiger partial charge is 0.338 e. The highest BCUT2D eigenvalue weighted by atomic mass is 35.5. The van der Waals surface area contributed by atoms with E-state index in [-0.39, 0.29) is 35.2 Å². The SMILES string of the molecule is CCOC(=O)C1=C(CC2CCN3C(=O)N(C)C[C@@H]3[C@H]2C(=O)O)NC(c2nccs2)=N[C@H]1c1cccc(F)c1Cl. The zero-order valence-corrected chi connectivity index (χ0v) is 22.8. The number of allylic oxidation sites excluding steroid dienone is 1. The Morgan fingerprint density at radius 1 is 1.36 bits per heavy atom. The molecule has 10 nitrogen and oxygen atoms in total. The number of carboxylic acids is 1. The number of aliphatic carboxylic acids is 1. The summed E-state index contributed by atoms with van der Waals surface area (Å²) < 4.78 is 19.9. The lowest BCUT2D eigenvalue weighted by atomic mass is 9.76. The van der Waals surface area contributed by atoms with Crippen molar-refractivity contribution in [1.82, 2.24) is 20.1 Å². The molecule has 5 rings (SSSR count). The lowest BCUT2D eigenvalue weighted by Crippen LogP contribution is -2.51. The number of carbonyl (C=O) groups is 3. The lowest BCUT2D eigenvalue weighted by Gasteiger charge is -2.40. The molecular formula is C26H27ClFN5O5S. The van der Waals surface area contributed by atoms with E-state index in [9.17, 15) is 23.9 Å². The van der Waals surface area contributed by atoms with Crippen LogP contribution in [0.1, 0.15) is 36.4 Å². The summed E-state index contributed by atoms with van der Waals surface area (Å²) in [4.78, 5) is 50.7. The van der Waals surface area contributed by atoms with E-state index in [1.807, 2.05) is 0 Å². The van der Waals surface area contributed by atoms with Crippen molar-refractivity contribution in [1.29, 1.82) is 0 Å². The van der Waals surface area contributed by atoms with E-state index < -0.39 is 41.7 Å². The molecule has 4 heterocycles. The van der Waals surface area contributed by atoms with Gasteiger partial charge in [-0.2, -0.15) is 0 Å². The van der Waals surface area contributed by atoms with Crippen LogP contribution in [-0.4, -0.2) is 76.5 Å². The van der Waals surface area contributed by atoms with E-state index in [1.54, 1.807) is 36.5 Å². The van der Waals surface area contributed by atoms with Crippen LogP contribution in [0.25, 0.3) is 0 Å². The summed E-state index contributed by atoms with van der Waals surface area (Å²) in [5, 5.41) is 15.6. The molecule has 0 spiro atoms. The zero-order valence-electron chi connectivity index (χ0n) is 21.3. The van der Waals surface area contributed by atoms with Crippen LogP contribution < -0.4 is 5.32 Å². The second-order valence-corrected chi connectivity index (χ2v) is 10.9. The summed E-state index contributed by atoms with van der Waals surface area (Å²) in [7, 11) is 1.66. The Bertz CT molecular complexity index is 1370. The first-order chi connectivity index (χ1) is 18.7. The number of nitrogens with one attached hydrogen (secondary N) is 1. The van der Waals surface area contributed by atoms with Gasteiger partial charge in [-0.1, -0.05) is 23.7 Å². The van der Waals surface area contributed by atoms with Crippen molar-refractivity contribution in [2.45, 2.75) is 31.8 Å². The summed E-state index contributed by atoms with van der Waals surface area (Å²) in [6.07, 6.45) is 2.20. The first-order valence-electron chi connectivity index (χ1n) is 12.5. The van der Waals surface area contributed by atoms with Gasteiger partial charge in [0.15, 0.2) is 10.8 Å². The molecule has 0 radical (unpaired) electrons. The van der Waals surface area contributed by atoms with Crippen LogP contribution in [0.5, 0.6) is 0 Å². The summed E-state index contributed by atoms with van der Waals surface area (Å²) in [6, 6.07) is 2.62. The minimum Gasteiger partial charge on any atom is -0.481 e. The van der Waals surface area contributed by atoms with E-state index in [2.05, 4.69) is 10.3 Å². The van der Waals surface area contributed by atoms with Crippen LogP contribution in [-0.2, 0) is 14.3 Å². The first-order valence-corrected chi connectivity index (χ1v) is 13.8. The Kier molecular flexibility index (Phi) is 7.59. The monoisotopic (exact) mass is 575 g/mol. The Hall–Kier alpha value is -3.51. The molecular weight excluding hydrogens is 549 g/mol. The average molecular weight is 576 g/mol. The number of halogens is 2. The number of hydrogen-bond donors (Lipinski definition) is 2. The minimum atomic E-state index is -1.01. The number of carboxylic acid groups (broad SMARTS) is 1. The number of thiazole rings is 1. The van der Waals surface area contributed by atoms with Crippen molar-refractivity contribution in [3.63, 3.8) is 0 Å². The van der Waals surface area contributed by atoms with Crippen LogP contribution in [0.15, 0.2) is 46.0 Å². The van der Waals surface area contributed by atoms with Crippen molar-refractivity contribution < 1.29 is 28.6 Å². The molecule has 13 heteroatoms. The Balaban J connectivity index is 1.60. The number of carbonyl (C=O) groups excluding carboxylic acids is 2. The average Bonchev–Trinajstić information content (AvgIpc) is 3.53. The molecule has 3 aliphatic rings.